The molecule has 2 aromatic rings. The van der Waals surface area contributed by atoms with E-state index in [0.717, 1.165) is 24.2 Å². The molecule has 0 atom stereocenters. The van der Waals surface area contributed by atoms with Crippen LogP contribution in [0.25, 0.3) is 0 Å². The van der Waals surface area contributed by atoms with Gasteiger partial charge in [0.2, 0.25) is 0 Å². The van der Waals surface area contributed by atoms with E-state index < -0.39 is 10.0 Å². The van der Waals surface area contributed by atoms with Crippen LogP contribution in [-0.4, -0.2) is 15.0 Å². The molecule has 0 saturated carbocycles. The highest BCUT2D eigenvalue weighted by Gasteiger charge is 2.13. The fraction of sp³-hybridized carbons (Fsp3) is 0.250. The standard InChI is InChI=1S/C16H20N2O2S/c1-3-17-12-14-6-8-15(9-7-14)18-21(19,20)16-10-4-13(2)5-11-16/h4-11,17-18H,3,12H2,1-2H3. The van der Waals surface area contributed by atoms with Crippen LogP contribution >= 0.6 is 0 Å². The summed E-state index contributed by atoms with van der Waals surface area (Å²) in [7, 11) is -3.53. The lowest BCUT2D eigenvalue weighted by atomic mass is 10.2. The first kappa shape index (κ1) is 15.5. The van der Waals surface area contributed by atoms with Crippen molar-refractivity contribution in [3.05, 3.63) is 59.7 Å². The Morgan fingerprint density at radius 1 is 0.952 bits per heavy atom. The molecule has 0 heterocycles. The molecular formula is C16H20N2O2S. The van der Waals surface area contributed by atoms with E-state index in [4.69, 9.17) is 0 Å². The molecule has 0 radical (unpaired) electrons. The molecule has 0 aliphatic heterocycles. The lowest BCUT2D eigenvalue weighted by Gasteiger charge is -2.09. The number of benzene rings is 2. The zero-order valence-corrected chi connectivity index (χ0v) is 13.1. The number of sulfonamides is 1. The summed E-state index contributed by atoms with van der Waals surface area (Å²) in [5, 5.41) is 3.22. The highest BCUT2D eigenvalue weighted by atomic mass is 32.2. The van der Waals surface area contributed by atoms with Crippen LogP contribution in [0.4, 0.5) is 5.69 Å². The van der Waals surface area contributed by atoms with Gasteiger partial charge >= 0.3 is 0 Å². The van der Waals surface area contributed by atoms with E-state index >= 15 is 0 Å². The molecule has 2 rings (SSSR count). The van der Waals surface area contributed by atoms with Crippen LogP contribution in [0.15, 0.2) is 53.4 Å². The van der Waals surface area contributed by atoms with Crippen LogP contribution in [0, 0.1) is 6.92 Å². The Morgan fingerprint density at radius 2 is 1.57 bits per heavy atom. The van der Waals surface area contributed by atoms with Gasteiger partial charge in [-0.25, -0.2) is 8.42 Å². The fourth-order valence-corrected chi connectivity index (χ4v) is 2.95. The van der Waals surface area contributed by atoms with Gasteiger partial charge in [0.05, 0.1) is 4.90 Å². The van der Waals surface area contributed by atoms with E-state index in [1.165, 1.54) is 0 Å². The number of aryl methyl sites for hydroxylation is 1. The summed E-state index contributed by atoms with van der Waals surface area (Å²) < 4.78 is 27.1. The maximum atomic E-state index is 12.2. The average Bonchev–Trinajstić information content (AvgIpc) is 2.47. The van der Waals surface area contributed by atoms with Crippen molar-refractivity contribution in [3.63, 3.8) is 0 Å². The van der Waals surface area contributed by atoms with Crippen molar-refractivity contribution in [1.29, 1.82) is 0 Å². The van der Waals surface area contributed by atoms with Crippen molar-refractivity contribution in [2.45, 2.75) is 25.3 Å². The van der Waals surface area contributed by atoms with E-state index in [9.17, 15) is 8.42 Å². The van der Waals surface area contributed by atoms with Gasteiger partial charge in [0.15, 0.2) is 0 Å². The Hall–Kier alpha value is -1.85. The smallest absolute Gasteiger partial charge is 0.261 e. The molecule has 0 aliphatic carbocycles. The molecule has 21 heavy (non-hydrogen) atoms. The number of nitrogens with one attached hydrogen (secondary N) is 2. The number of hydrogen-bond donors (Lipinski definition) is 2. The molecule has 0 aliphatic rings. The van der Waals surface area contributed by atoms with Gasteiger partial charge < -0.3 is 5.32 Å². The van der Waals surface area contributed by atoms with Crippen molar-refractivity contribution >= 4 is 15.7 Å². The second kappa shape index (κ2) is 6.74. The third-order valence-electron chi connectivity index (χ3n) is 3.12. The summed E-state index contributed by atoms with van der Waals surface area (Å²) in [6.45, 7) is 5.65. The van der Waals surface area contributed by atoms with Gasteiger partial charge in [-0.3, -0.25) is 4.72 Å². The van der Waals surface area contributed by atoms with Crippen molar-refractivity contribution in [2.75, 3.05) is 11.3 Å². The van der Waals surface area contributed by atoms with Crippen LogP contribution in [0.5, 0.6) is 0 Å². The molecule has 0 fully saturated rings. The molecule has 4 nitrogen and oxygen atoms in total. The van der Waals surface area contributed by atoms with Crippen molar-refractivity contribution in [3.8, 4) is 0 Å². The lowest BCUT2D eigenvalue weighted by molar-refractivity contribution is 0.601. The van der Waals surface area contributed by atoms with Gasteiger partial charge in [-0.2, -0.15) is 0 Å². The van der Waals surface area contributed by atoms with Crippen LogP contribution in [-0.2, 0) is 16.6 Å². The predicted molar refractivity (Wildman–Crippen MR) is 85.8 cm³/mol. The Morgan fingerprint density at radius 3 is 2.14 bits per heavy atom. The van der Waals surface area contributed by atoms with Gasteiger partial charge in [0.25, 0.3) is 10.0 Å². The summed E-state index contributed by atoms with van der Waals surface area (Å²) in [5.74, 6) is 0. The number of hydrogen-bond acceptors (Lipinski definition) is 3. The van der Waals surface area contributed by atoms with E-state index in [-0.39, 0.29) is 4.90 Å². The minimum absolute atomic E-state index is 0.268. The van der Waals surface area contributed by atoms with Crippen molar-refractivity contribution in [2.24, 2.45) is 0 Å². The Bertz CT molecular complexity index is 677. The van der Waals surface area contributed by atoms with Gasteiger partial charge in [-0.15, -0.1) is 0 Å². The Balaban J connectivity index is 2.11. The quantitative estimate of drug-likeness (QED) is 0.862. The van der Waals surface area contributed by atoms with Crippen molar-refractivity contribution < 1.29 is 8.42 Å². The third kappa shape index (κ3) is 4.31. The van der Waals surface area contributed by atoms with Crippen LogP contribution < -0.4 is 10.0 Å². The van der Waals surface area contributed by atoms with Gasteiger partial charge in [-0.05, 0) is 43.3 Å². The average molecular weight is 304 g/mol. The second-order valence-electron chi connectivity index (χ2n) is 4.90. The van der Waals surface area contributed by atoms with Gasteiger partial charge in [-0.1, -0.05) is 36.8 Å². The Labute approximate surface area is 126 Å². The van der Waals surface area contributed by atoms with E-state index in [0.29, 0.717) is 5.69 Å². The fourth-order valence-electron chi connectivity index (χ4n) is 1.89. The zero-order valence-electron chi connectivity index (χ0n) is 12.3. The normalized spacial score (nSPS) is 11.3. The molecule has 2 N–H and O–H groups in total. The molecule has 5 heteroatoms. The van der Waals surface area contributed by atoms with Crippen LogP contribution in [0.3, 0.4) is 0 Å². The molecule has 0 spiro atoms. The van der Waals surface area contributed by atoms with Gasteiger partial charge in [0.1, 0.15) is 0 Å². The summed E-state index contributed by atoms with van der Waals surface area (Å²) in [6, 6.07) is 14.2. The SMILES string of the molecule is CCNCc1ccc(NS(=O)(=O)c2ccc(C)cc2)cc1. The Kier molecular flexibility index (Phi) is 4.98. The predicted octanol–water partition coefficient (Wildman–Crippen LogP) is 2.91. The first-order valence-electron chi connectivity index (χ1n) is 6.90. The van der Waals surface area contributed by atoms with Crippen LogP contribution in [0.2, 0.25) is 0 Å². The maximum absolute atomic E-state index is 12.2. The van der Waals surface area contributed by atoms with E-state index in [1.54, 1.807) is 36.4 Å². The van der Waals surface area contributed by atoms with E-state index in [2.05, 4.69) is 10.0 Å². The zero-order chi connectivity index (χ0) is 15.3. The highest BCUT2D eigenvalue weighted by Crippen LogP contribution is 2.17. The third-order valence-corrected chi connectivity index (χ3v) is 4.51. The first-order chi connectivity index (χ1) is 10.0. The summed E-state index contributed by atoms with van der Waals surface area (Å²) in [5.41, 5.74) is 2.72. The topological polar surface area (TPSA) is 58.2 Å². The largest absolute Gasteiger partial charge is 0.313 e. The summed E-state index contributed by atoms with van der Waals surface area (Å²) in [4.78, 5) is 0.268. The molecule has 0 amide bonds. The van der Waals surface area contributed by atoms with Crippen LogP contribution in [0.1, 0.15) is 18.1 Å². The molecule has 0 unspecified atom stereocenters. The molecule has 0 saturated heterocycles. The maximum Gasteiger partial charge on any atom is 0.261 e. The van der Waals surface area contributed by atoms with E-state index in [1.807, 2.05) is 26.0 Å². The first-order valence-corrected chi connectivity index (χ1v) is 8.39. The molecular weight excluding hydrogens is 284 g/mol. The van der Waals surface area contributed by atoms with Crippen molar-refractivity contribution in [1.82, 2.24) is 5.32 Å². The second-order valence-corrected chi connectivity index (χ2v) is 6.58. The van der Waals surface area contributed by atoms with Gasteiger partial charge in [0, 0.05) is 12.2 Å². The molecule has 112 valence electrons. The summed E-state index contributed by atoms with van der Waals surface area (Å²) >= 11 is 0. The monoisotopic (exact) mass is 304 g/mol. The molecule has 0 aromatic heterocycles. The number of rotatable bonds is 6. The molecule has 2 aromatic carbocycles. The molecule has 0 bridgehead atoms. The lowest BCUT2D eigenvalue weighted by Crippen LogP contribution is -2.13. The highest BCUT2D eigenvalue weighted by molar-refractivity contribution is 7.92. The minimum Gasteiger partial charge on any atom is -0.313 e. The minimum atomic E-state index is -3.53. The summed E-state index contributed by atoms with van der Waals surface area (Å²) in [6.07, 6.45) is 0. The number of anilines is 1.